The molecule has 0 atom stereocenters. The fourth-order valence-corrected chi connectivity index (χ4v) is 1.77. The first-order valence-corrected chi connectivity index (χ1v) is 6.37. The zero-order valence-corrected chi connectivity index (χ0v) is 10.9. The minimum atomic E-state index is -0.929. The van der Waals surface area contributed by atoms with Gasteiger partial charge in [0.1, 0.15) is 0 Å². The van der Waals surface area contributed by atoms with Gasteiger partial charge in [0.25, 0.3) is 0 Å². The Kier molecular flexibility index (Phi) is 3.74. The number of urea groups is 1. The van der Waals surface area contributed by atoms with Gasteiger partial charge >= 0.3 is 12.0 Å². The lowest BCUT2D eigenvalue weighted by Gasteiger charge is -2.12. The average molecular weight is 262 g/mol. The SMILES string of the molecule is CC1(NC(=O)NCCc2ccc(C(=O)O)cc2)CC1. The number of carbonyl (C=O) groups excluding carboxylic acids is 1. The summed E-state index contributed by atoms with van der Waals surface area (Å²) in [4.78, 5) is 22.2. The minimum absolute atomic E-state index is 0.00673. The quantitative estimate of drug-likeness (QED) is 0.756. The zero-order chi connectivity index (χ0) is 13.9. The number of benzene rings is 1. The van der Waals surface area contributed by atoms with E-state index in [9.17, 15) is 9.59 Å². The summed E-state index contributed by atoms with van der Waals surface area (Å²) in [6.07, 6.45) is 2.76. The first-order chi connectivity index (χ1) is 8.98. The van der Waals surface area contributed by atoms with Crippen LogP contribution < -0.4 is 10.6 Å². The second-order valence-corrected chi connectivity index (χ2v) is 5.19. The summed E-state index contributed by atoms with van der Waals surface area (Å²) < 4.78 is 0. The number of hydrogen-bond donors (Lipinski definition) is 3. The number of carboxylic acids is 1. The molecule has 1 aliphatic carbocycles. The third-order valence-electron chi connectivity index (χ3n) is 3.32. The van der Waals surface area contributed by atoms with Gasteiger partial charge in [0.2, 0.25) is 0 Å². The van der Waals surface area contributed by atoms with Gasteiger partial charge in [-0.2, -0.15) is 0 Å². The van der Waals surface area contributed by atoms with E-state index in [0.29, 0.717) is 13.0 Å². The van der Waals surface area contributed by atoms with E-state index in [1.54, 1.807) is 24.3 Å². The maximum atomic E-state index is 11.5. The molecule has 1 fully saturated rings. The zero-order valence-electron chi connectivity index (χ0n) is 10.9. The van der Waals surface area contributed by atoms with Crippen molar-refractivity contribution in [2.45, 2.75) is 31.7 Å². The van der Waals surface area contributed by atoms with E-state index < -0.39 is 5.97 Å². The number of carboxylic acid groups (broad SMARTS) is 1. The Morgan fingerprint density at radius 1 is 1.26 bits per heavy atom. The van der Waals surface area contributed by atoms with E-state index in [1.165, 1.54) is 0 Å². The van der Waals surface area contributed by atoms with Crippen LogP contribution in [0.5, 0.6) is 0 Å². The largest absolute Gasteiger partial charge is 0.478 e. The number of hydrogen-bond acceptors (Lipinski definition) is 2. The normalized spacial score (nSPS) is 15.6. The molecular weight excluding hydrogens is 244 g/mol. The predicted molar refractivity (Wildman–Crippen MR) is 71.3 cm³/mol. The molecule has 0 saturated heterocycles. The fourth-order valence-electron chi connectivity index (χ4n) is 1.77. The third kappa shape index (κ3) is 3.98. The molecule has 19 heavy (non-hydrogen) atoms. The summed E-state index contributed by atoms with van der Waals surface area (Å²) >= 11 is 0. The molecule has 0 unspecified atom stereocenters. The van der Waals surface area contributed by atoms with Crippen LogP contribution >= 0.6 is 0 Å². The molecule has 0 aromatic heterocycles. The molecule has 102 valence electrons. The van der Waals surface area contributed by atoms with E-state index in [0.717, 1.165) is 18.4 Å². The van der Waals surface area contributed by atoms with E-state index in [2.05, 4.69) is 10.6 Å². The molecule has 5 heteroatoms. The topological polar surface area (TPSA) is 78.4 Å². The lowest BCUT2D eigenvalue weighted by molar-refractivity contribution is 0.0697. The Hall–Kier alpha value is -2.04. The fraction of sp³-hybridized carbons (Fsp3) is 0.429. The Morgan fingerprint density at radius 3 is 2.42 bits per heavy atom. The summed E-state index contributed by atoms with van der Waals surface area (Å²) in [6.45, 7) is 2.56. The Balaban J connectivity index is 1.73. The molecule has 1 aliphatic rings. The predicted octanol–water partition coefficient (Wildman–Crippen LogP) is 1.78. The molecule has 0 spiro atoms. The lowest BCUT2D eigenvalue weighted by atomic mass is 10.1. The molecule has 5 nitrogen and oxygen atoms in total. The Labute approximate surface area is 112 Å². The van der Waals surface area contributed by atoms with Crippen molar-refractivity contribution in [2.75, 3.05) is 6.54 Å². The first-order valence-electron chi connectivity index (χ1n) is 6.37. The monoisotopic (exact) mass is 262 g/mol. The number of aromatic carboxylic acids is 1. The van der Waals surface area contributed by atoms with E-state index in [-0.39, 0.29) is 17.1 Å². The van der Waals surface area contributed by atoms with Crippen LogP contribution in [0.2, 0.25) is 0 Å². The van der Waals surface area contributed by atoms with E-state index in [1.807, 2.05) is 6.92 Å². The Morgan fingerprint density at radius 2 is 1.89 bits per heavy atom. The number of amides is 2. The highest BCUT2D eigenvalue weighted by molar-refractivity contribution is 5.87. The van der Waals surface area contributed by atoms with Crippen molar-refractivity contribution in [1.29, 1.82) is 0 Å². The molecular formula is C14H18N2O3. The maximum absolute atomic E-state index is 11.5. The highest BCUT2D eigenvalue weighted by atomic mass is 16.4. The van der Waals surface area contributed by atoms with E-state index >= 15 is 0 Å². The smallest absolute Gasteiger partial charge is 0.335 e. The van der Waals surface area contributed by atoms with Crippen molar-refractivity contribution >= 4 is 12.0 Å². The summed E-state index contributed by atoms with van der Waals surface area (Å²) in [7, 11) is 0. The van der Waals surface area contributed by atoms with Crippen molar-refractivity contribution in [1.82, 2.24) is 10.6 Å². The Bertz CT molecular complexity index is 478. The molecule has 3 N–H and O–H groups in total. The molecule has 1 saturated carbocycles. The second kappa shape index (κ2) is 5.30. The average Bonchev–Trinajstić information content (AvgIpc) is 3.07. The van der Waals surface area contributed by atoms with Crippen molar-refractivity contribution in [3.8, 4) is 0 Å². The summed E-state index contributed by atoms with van der Waals surface area (Å²) in [5.41, 5.74) is 1.27. The van der Waals surface area contributed by atoms with Gasteiger partial charge in [-0.25, -0.2) is 9.59 Å². The van der Waals surface area contributed by atoms with Crippen LogP contribution in [-0.2, 0) is 6.42 Å². The van der Waals surface area contributed by atoms with Crippen LogP contribution in [0.4, 0.5) is 4.79 Å². The van der Waals surface area contributed by atoms with Gasteiger partial charge in [0, 0.05) is 12.1 Å². The van der Waals surface area contributed by atoms with Gasteiger partial charge in [-0.05, 0) is 43.9 Å². The molecule has 2 amide bonds. The molecule has 0 bridgehead atoms. The molecule has 0 heterocycles. The van der Waals surface area contributed by atoms with Gasteiger partial charge in [-0.3, -0.25) is 0 Å². The van der Waals surface area contributed by atoms with Crippen molar-refractivity contribution in [2.24, 2.45) is 0 Å². The second-order valence-electron chi connectivity index (χ2n) is 5.19. The molecule has 0 aliphatic heterocycles. The number of nitrogens with one attached hydrogen (secondary N) is 2. The van der Waals surface area contributed by atoms with Gasteiger partial charge < -0.3 is 15.7 Å². The minimum Gasteiger partial charge on any atom is -0.478 e. The van der Waals surface area contributed by atoms with Gasteiger partial charge in [0.15, 0.2) is 0 Å². The lowest BCUT2D eigenvalue weighted by Crippen LogP contribution is -2.42. The number of carbonyl (C=O) groups is 2. The van der Waals surface area contributed by atoms with Gasteiger partial charge in [-0.15, -0.1) is 0 Å². The van der Waals surface area contributed by atoms with Crippen LogP contribution in [0.3, 0.4) is 0 Å². The summed E-state index contributed by atoms with van der Waals surface area (Å²) in [5.74, 6) is -0.929. The van der Waals surface area contributed by atoms with Crippen molar-refractivity contribution in [3.63, 3.8) is 0 Å². The highest BCUT2D eigenvalue weighted by Crippen LogP contribution is 2.33. The van der Waals surface area contributed by atoms with E-state index in [4.69, 9.17) is 5.11 Å². The van der Waals surface area contributed by atoms with Crippen LogP contribution in [0, 0.1) is 0 Å². The molecule has 2 rings (SSSR count). The standard InChI is InChI=1S/C14H18N2O3/c1-14(7-8-14)16-13(19)15-9-6-10-2-4-11(5-3-10)12(17)18/h2-5H,6-9H2,1H3,(H,17,18)(H2,15,16,19). The van der Waals surface area contributed by atoms with Crippen molar-refractivity contribution < 1.29 is 14.7 Å². The summed E-state index contributed by atoms with van der Waals surface area (Å²) in [5, 5.41) is 14.5. The van der Waals surface area contributed by atoms with Crippen LogP contribution in [-0.4, -0.2) is 29.2 Å². The van der Waals surface area contributed by atoms with Crippen LogP contribution in [0.25, 0.3) is 0 Å². The first kappa shape index (κ1) is 13.4. The van der Waals surface area contributed by atoms with Crippen LogP contribution in [0.1, 0.15) is 35.7 Å². The summed E-state index contributed by atoms with van der Waals surface area (Å²) in [6, 6.07) is 6.55. The third-order valence-corrected chi connectivity index (χ3v) is 3.32. The molecule has 1 aromatic rings. The van der Waals surface area contributed by atoms with Gasteiger partial charge in [0.05, 0.1) is 5.56 Å². The molecule has 1 aromatic carbocycles. The van der Waals surface area contributed by atoms with Gasteiger partial charge in [-0.1, -0.05) is 12.1 Å². The van der Waals surface area contributed by atoms with Crippen LogP contribution in [0.15, 0.2) is 24.3 Å². The number of rotatable bonds is 5. The maximum Gasteiger partial charge on any atom is 0.335 e. The van der Waals surface area contributed by atoms with Crippen molar-refractivity contribution in [3.05, 3.63) is 35.4 Å². The molecule has 0 radical (unpaired) electrons. The highest BCUT2D eigenvalue weighted by Gasteiger charge is 2.38.